The first-order chi connectivity index (χ1) is 17.6. The van der Waals surface area contributed by atoms with Crippen LogP contribution in [0.15, 0.2) is 35.2 Å². The summed E-state index contributed by atoms with van der Waals surface area (Å²) in [4.78, 5) is 42.9. The predicted octanol–water partition coefficient (Wildman–Crippen LogP) is -0.477. The number of hydrogen-bond donors (Lipinski definition) is 4. The van der Waals surface area contributed by atoms with Gasteiger partial charge in [-0.1, -0.05) is 18.1 Å². The number of likely N-dealkylation sites (N-methyl/N-ethyl adjacent to an activating group) is 1. The molecular weight excluding hydrogens is 480 g/mol. The first kappa shape index (κ1) is 27.5. The number of nitrogens with one attached hydrogen (secondary N) is 1. The number of aliphatic imine (C=N–C) groups is 1. The molecule has 2 aromatic heterocycles. The van der Waals surface area contributed by atoms with Crippen molar-refractivity contribution in [2.75, 3.05) is 19.3 Å². The highest BCUT2D eigenvalue weighted by Crippen LogP contribution is 2.32. The van der Waals surface area contributed by atoms with Crippen LogP contribution in [0.2, 0.25) is 0 Å². The standard InChI is InChI=1S/C24H30N8O5/c1-6-8-14(11-26-4)23(36)31(13(2)3)10-7-9-15-29-20(25)16-21(30-15)32(12-28-16)24-18(34)17(33)19(37-24)22(35)27-5/h6,8,11-13,17-19,24,33-34H,4,10H2,1-3,5H3,(H,27,35)(H2,25,29,30)/b8-6-,14-11+/t17-,18+,19-,24+/m0/s1. The number of carbonyl (C=O) groups is 2. The number of fused-ring (bicyclic) bond motifs is 1. The third kappa shape index (κ3) is 5.67. The lowest BCUT2D eigenvalue weighted by atomic mass is 10.1. The Bertz CT molecular complexity index is 1310. The molecule has 3 rings (SSSR count). The zero-order valence-corrected chi connectivity index (χ0v) is 21.0. The van der Waals surface area contributed by atoms with Gasteiger partial charge in [0.05, 0.1) is 18.4 Å². The first-order valence-corrected chi connectivity index (χ1v) is 11.5. The molecule has 196 valence electrons. The Morgan fingerprint density at radius 3 is 2.73 bits per heavy atom. The van der Waals surface area contributed by atoms with Crippen molar-refractivity contribution in [3.63, 3.8) is 0 Å². The third-order valence-electron chi connectivity index (χ3n) is 5.62. The quantitative estimate of drug-likeness (QED) is 0.166. The van der Waals surface area contributed by atoms with Gasteiger partial charge >= 0.3 is 0 Å². The number of nitrogens with two attached hydrogens (primary N) is 1. The monoisotopic (exact) mass is 510 g/mol. The second kappa shape index (κ2) is 11.7. The normalized spacial score (nSPS) is 21.8. The Balaban J connectivity index is 1.91. The molecule has 37 heavy (non-hydrogen) atoms. The molecule has 0 unspecified atom stereocenters. The molecule has 0 bridgehead atoms. The maximum absolute atomic E-state index is 12.9. The van der Waals surface area contributed by atoms with Gasteiger partial charge in [-0.15, -0.1) is 0 Å². The van der Waals surface area contributed by atoms with E-state index in [0.717, 1.165) is 0 Å². The number of aliphatic hydroxyl groups is 2. The SMILES string of the molecule is C=N/C=C(\C=C/C)C(=O)N(CC#Cc1nc(N)c2ncn([C@@H]3O[C@H](C(=O)NC)[C@@H](O)[C@H]3O)c2n1)C(C)C. The van der Waals surface area contributed by atoms with Crippen molar-refractivity contribution in [2.45, 2.75) is 51.4 Å². The lowest BCUT2D eigenvalue weighted by Crippen LogP contribution is -2.41. The molecule has 0 radical (unpaired) electrons. The van der Waals surface area contributed by atoms with E-state index in [-0.39, 0.29) is 41.3 Å². The number of rotatable bonds is 7. The van der Waals surface area contributed by atoms with Crippen LogP contribution in [0.1, 0.15) is 32.8 Å². The van der Waals surface area contributed by atoms with E-state index in [9.17, 15) is 19.8 Å². The van der Waals surface area contributed by atoms with Crippen molar-refractivity contribution in [3.05, 3.63) is 36.1 Å². The highest BCUT2D eigenvalue weighted by Gasteiger charge is 2.47. The van der Waals surface area contributed by atoms with Crippen LogP contribution in [0.25, 0.3) is 11.2 Å². The van der Waals surface area contributed by atoms with Gasteiger partial charge < -0.3 is 30.9 Å². The number of imidazole rings is 1. The molecule has 13 nitrogen and oxygen atoms in total. The maximum Gasteiger partial charge on any atom is 0.256 e. The summed E-state index contributed by atoms with van der Waals surface area (Å²) in [5.41, 5.74) is 6.85. The molecule has 3 heterocycles. The Kier molecular flexibility index (Phi) is 8.72. The number of carbonyl (C=O) groups excluding carboxylic acids is 2. The fourth-order valence-corrected chi connectivity index (χ4v) is 3.73. The van der Waals surface area contributed by atoms with Gasteiger partial charge in [-0.05, 0) is 33.4 Å². The molecule has 4 atom stereocenters. The van der Waals surface area contributed by atoms with Crippen LogP contribution in [0.3, 0.4) is 0 Å². The summed E-state index contributed by atoms with van der Waals surface area (Å²) in [6.45, 7) is 9.00. The minimum Gasteiger partial charge on any atom is -0.387 e. The van der Waals surface area contributed by atoms with Crippen molar-refractivity contribution >= 4 is 35.5 Å². The van der Waals surface area contributed by atoms with Gasteiger partial charge in [0.25, 0.3) is 11.8 Å². The van der Waals surface area contributed by atoms with E-state index in [1.165, 1.54) is 24.1 Å². The number of nitrogen functional groups attached to an aromatic ring is 1. The molecule has 1 saturated heterocycles. The number of aromatic nitrogens is 4. The van der Waals surface area contributed by atoms with Crippen LogP contribution >= 0.6 is 0 Å². The number of anilines is 1. The van der Waals surface area contributed by atoms with E-state index in [4.69, 9.17) is 10.5 Å². The minimum atomic E-state index is -1.46. The van der Waals surface area contributed by atoms with E-state index < -0.39 is 30.4 Å². The molecule has 0 saturated carbocycles. The molecule has 2 amide bonds. The topological polar surface area (TPSA) is 181 Å². The zero-order valence-electron chi connectivity index (χ0n) is 21.0. The number of ether oxygens (including phenoxy) is 1. The van der Waals surface area contributed by atoms with Crippen molar-refractivity contribution in [1.82, 2.24) is 29.7 Å². The molecule has 1 fully saturated rings. The van der Waals surface area contributed by atoms with Gasteiger partial charge in [-0.25, -0.2) is 15.0 Å². The lowest BCUT2D eigenvalue weighted by Gasteiger charge is -2.24. The fraction of sp³-hybridized carbons (Fsp3) is 0.417. The van der Waals surface area contributed by atoms with Crippen molar-refractivity contribution in [2.24, 2.45) is 4.99 Å². The second-order valence-corrected chi connectivity index (χ2v) is 8.39. The van der Waals surface area contributed by atoms with E-state index in [1.807, 2.05) is 13.8 Å². The van der Waals surface area contributed by atoms with Gasteiger partial charge in [0.1, 0.15) is 17.7 Å². The molecule has 0 aliphatic carbocycles. The van der Waals surface area contributed by atoms with Crippen LogP contribution in [-0.4, -0.2) is 91.1 Å². The van der Waals surface area contributed by atoms with Crippen molar-refractivity contribution in [3.8, 4) is 11.8 Å². The summed E-state index contributed by atoms with van der Waals surface area (Å²) >= 11 is 0. The van der Waals surface area contributed by atoms with Crippen LogP contribution < -0.4 is 11.1 Å². The summed E-state index contributed by atoms with van der Waals surface area (Å²) in [6.07, 6.45) is 0.758. The van der Waals surface area contributed by atoms with Gasteiger partial charge in [-0.2, -0.15) is 0 Å². The van der Waals surface area contributed by atoms with Crippen molar-refractivity contribution < 1.29 is 24.5 Å². The van der Waals surface area contributed by atoms with Gasteiger partial charge in [0.15, 0.2) is 23.8 Å². The molecule has 1 aliphatic heterocycles. The summed E-state index contributed by atoms with van der Waals surface area (Å²) < 4.78 is 6.96. The number of allylic oxidation sites excluding steroid dienone is 1. The average Bonchev–Trinajstić information content (AvgIpc) is 3.41. The number of nitrogens with zero attached hydrogens (tertiary/aromatic N) is 6. The zero-order chi connectivity index (χ0) is 27.3. The van der Waals surface area contributed by atoms with Gasteiger partial charge in [-0.3, -0.25) is 19.1 Å². The number of amides is 2. The summed E-state index contributed by atoms with van der Waals surface area (Å²) in [7, 11) is 1.39. The lowest BCUT2D eigenvalue weighted by molar-refractivity contribution is -0.137. The van der Waals surface area contributed by atoms with Crippen molar-refractivity contribution in [1.29, 1.82) is 0 Å². The van der Waals surface area contributed by atoms with Crippen LogP contribution in [0.4, 0.5) is 5.82 Å². The van der Waals surface area contributed by atoms with E-state index in [0.29, 0.717) is 5.57 Å². The Morgan fingerprint density at radius 1 is 1.38 bits per heavy atom. The average molecular weight is 511 g/mol. The van der Waals surface area contributed by atoms with E-state index in [1.54, 1.807) is 24.0 Å². The molecule has 2 aromatic rings. The molecule has 0 spiro atoms. The molecule has 5 N–H and O–H groups in total. The molecule has 1 aliphatic rings. The largest absolute Gasteiger partial charge is 0.387 e. The smallest absolute Gasteiger partial charge is 0.256 e. The van der Waals surface area contributed by atoms with E-state index in [2.05, 4.69) is 43.8 Å². The second-order valence-electron chi connectivity index (χ2n) is 8.39. The summed E-state index contributed by atoms with van der Waals surface area (Å²) in [6, 6.07) is -0.157. The minimum absolute atomic E-state index is 0.0380. The fourth-order valence-electron chi connectivity index (χ4n) is 3.73. The third-order valence-corrected chi connectivity index (χ3v) is 5.62. The Labute approximate surface area is 213 Å². The summed E-state index contributed by atoms with van der Waals surface area (Å²) in [5, 5.41) is 23.2. The van der Waals surface area contributed by atoms with Crippen LogP contribution in [0.5, 0.6) is 0 Å². The first-order valence-electron chi connectivity index (χ1n) is 11.5. The molecule has 13 heteroatoms. The maximum atomic E-state index is 12.9. The Morgan fingerprint density at radius 2 is 2.11 bits per heavy atom. The van der Waals surface area contributed by atoms with Gasteiger partial charge in [0, 0.05) is 19.3 Å². The molecule has 0 aromatic carbocycles. The number of aliphatic hydroxyl groups excluding tert-OH is 2. The predicted molar refractivity (Wildman–Crippen MR) is 136 cm³/mol. The van der Waals surface area contributed by atoms with Crippen LogP contribution in [0, 0.1) is 11.8 Å². The summed E-state index contributed by atoms with van der Waals surface area (Å²) in [5.74, 6) is 4.95. The Hall–Kier alpha value is -4.12. The van der Waals surface area contributed by atoms with E-state index >= 15 is 0 Å². The van der Waals surface area contributed by atoms with Gasteiger partial charge in [0.2, 0.25) is 5.82 Å². The highest BCUT2D eigenvalue weighted by atomic mass is 16.6. The number of hydrogen-bond acceptors (Lipinski definition) is 10. The highest BCUT2D eigenvalue weighted by molar-refractivity contribution is 5.96. The van der Waals surface area contributed by atoms with Crippen LogP contribution in [-0.2, 0) is 14.3 Å². The molecular formula is C24H30N8O5.